The van der Waals surface area contributed by atoms with Crippen LogP contribution in [0.2, 0.25) is 0 Å². The van der Waals surface area contributed by atoms with Gasteiger partial charge in [-0.2, -0.15) is 21.4 Å². The highest BCUT2D eigenvalue weighted by atomic mass is 32.2. The molecule has 2 aromatic rings. The minimum absolute atomic E-state index is 0.00196. The molecule has 0 saturated heterocycles. The molecule has 76 heavy (non-hydrogen) atoms. The average molecular weight is 1110 g/mol. The molecule has 2 aromatic carbocycles. The van der Waals surface area contributed by atoms with Crippen LogP contribution in [0.25, 0.3) is 0 Å². The second kappa shape index (κ2) is 25.8. The topological polar surface area (TPSA) is 277 Å². The van der Waals surface area contributed by atoms with Crippen LogP contribution in [-0.2, 0) is 60.3 Å². The standard InChI is InChI=1S/C54H76N6O13S3/c1-8-10-31-59-44-19-14-13-18-42(44)52(3,4)46(59)26-22-39-35-40(38-54(37-39,50(64)55-9-2)51(65)57-28-15-11-12-21-49(62)63)23-27-47-53(5,6)43-36-41(24-25-45(43)60(47)32-17-33-74(66,67)68)76(72,73)58(7)30-16-20-48(61)56-29-34-75(69,70)71/h13-14,18-19,22-27,35-36H,8-12,15-17,20-21,28-34,37-38H2,1-7H3,(H5-,55,56,57,61,62,63,64,65,66,67,68,69,70,71)/p+1. The number of anilines is 1. The number of unbranched alkanes of at least 4 members (excludes halogenated alkanes) is 3. The van der Waals surface area contributed by atoms with Gasteiger partial charge < -0.3 is 26.0 Å². The third-order valence-corrected chi connectivity index (χ3v) is 17.7. The number of hydrogen-bond acceptors (Lipinski definition) is 11. The first kappa shape index (κ1) is 61.3. The number of carbonyl (C=O) groups excluding carboxylic acids is 3. The summed E-state index contributed by atoms with van der Waals surface area (Å²) in [6, 6.07) is 13.0. The molecule has 1 unspecified atom stereocenters. The van der Waals surface area contributed by atoms with Gasteiger partial charge in [0.1, 0.15) is 12.0 Å². The van der Waals surface area contributed by atoms with E-state index in [-0.39, 0.29) is 81.6 Å². The van der Waals surface area contributed by atoms with E-state index in [0.717, 1.165) is 35.1 Å². The molecule has 1 aliphatic carbocycles. The van der Waals surface area contributed by atoms with Gasteiger partial charge in [-0.1, -0.05) is 70.0 Å². The highest BCUT2D eigenvalue weighted by Gasteiger charge is 2.49. The van der Waals surface area contributed by atoms with Crippen LogP contribution in [-0.4, -0.2) is 136 Å². The fourth-order valence-corrected chi connectivity index (χ4v) is 12.3. The molecule has 2 aliphatic heterocycles. The number of amides is 3. The zero-order chi connectivity index (χ0) is 56.3. The highest BCUT2D eigenvalue weighted by molar-refractivity contribution is 7.89. The Labute approximate surface area is 449 Å². The average Bonchev–Trinajstić information content (AvgIpc) is 3.69. The summed E-state index contributed by atoms with van der Waals surface area (Å²) in [4.78, 5) is 54.5. The number of nitrogens with one attached hydrogen (secondary N) is 3. The van der Waals surface area contributed by atoms with Crippen LogP contribution in [0.1, 0.15) is 123 Å². The molecule has 1 atom stereocenters. The molecule has 6 N–H and O–H groups in total. The Morgan fingerprint density at radius 2 is 1.45 bits per heavy atom. The number of carboxylic acid groups (broad SMARTS) is 1. The molecule has 5 rings (SSSR count). The third-order valence-electron chi connectivity index (χ3n) is 14.3. The molecular formula is C54H77N6O13S3+. The van der Waals surface area contributed by atoms with Crippen LogP contribution < -0.4 is 20.9 Å². The third kappa shape index (κ3) is 15.4. The molecule has 19 nitrogen and oxygen atoms in total. The predicted octanol–water partition coefficient (Wildman–Crippen LogP) is 6.31. The maximum absolute atomic E-state index is 14.7. The van der Waals surface area contributed by atoms with E-state index in [1.807, 2.05) is 55.2 Å². The van der Waals surface area contributed by atoms with Crippen LogP contribution in [0.15, 0.2) is 94.6 Å². The van der Waals surface area contributed by atoms with Crippen molar-refractivity contribution in [3.05, 3.63) is 101 Å². The van der Waals surface area contributed by atoms with Gasteiger partial charge in [0.2, 0.25) is 33.4 Å². The van der Waals surface area contributed by atoms with Crippen LogP contribution in [0.5, 0.6) is 0 Å². The number of carboxylic acids is 1. The summed E-state index contributed by atoms with van der Waals surface area (Å²) in [6.07, 6.45) is 13.2. The van der Waals surface area contributed by atoms with Crippen molar-refractivity contribution < 1.29 is 63.2 Å². The maximum atomic E-state index is 14.7. The number of hydrogen-bond donors (Lipinski definition) is 6. The summed E-state index contributed by atoms with van der Waals surface area (Å²) in [5, 5.41) is 17.4. The van der Waals surface area contributed by atoms with Crippen molar-refractivity contribution >= 4 is 71.0 Å². The number of carbonyl (C=O) groups is 4. The van der Waals surface area contributed by atoms with E-state index >= 15 is 0 Å². The SMILES string of the molecule is CCCC[N+]1=C(/C=C/C2=CC(=C/C=C3/N(CCCS(=O)(=O)O)c4ccc(S(=O)(=O)N(C)CCCC(=O)NCCS(=O)(=O)O)cc4C3(C)C)/CC(C(=O)NCC)(C(=O)NCCCCCC(=O)O)C2)C(C)(C)c2ccccc21. The number of nitrogens with zero attached hydrogens (tertiary/aromatic N) is 3. The van der Waals surface area contributed by atoms with Crippen molar-refractivity contribution in [3.63, 3.8) is 0 Å². The molecular weight excluding hydrogens is 1040 g/mol. The Morgan fingerprint density at radius 1 is 0.750 bits per heavy atom. The van der Waals surface area contributed by atoms with E-state index < -0.39 is 76.3 Å². The summed E-state index contributed by atoms with van der Waals surface area (Å²) < 4.78 is 96.2. The summed E-state index contributed by atoms with van der Waals surface area (Å²) >= 11 is 0. The fourth-order valence-electron chi connectivity index (χ4n) is 10.2. The first-order chi connectivity index (χ1) is 35.6. The predicted molar refractivity (Wildman–Crippen MR) is 293 cm³/mol. The van der Waals surface area contributed by atoms with Crippen molar-refractivity contribution in [1.82, 2.24) is 20.3 Å². The number of aliphatic carboxylic acids is 1. The van der Waals surface area contributed by atoms with E-state index in [4.69, 9.17) is 9.66 Å². The van der Waals surface area contributed by atoms with Gasteiger partial charge in [-0.3, -0.25) is 28.3 Å². The van der Waals surface area contributed by atoms with Crippen molar-refractivity contribution in [1.29, 1.82) is 0 Å². The van der Waals surface area contributed by atoms with E-state index in [9.17, 15) is 49.0 Å². The van der Waals surface area contributed by atoms with E-state index in [2.05, 4.69) is 59.5 Å². The lowest BCUT2D eigenvalue weighted by molar-refractivity contribution is -0.438. The second-order valence-electron chi connectivity index (χ2n) is 20.8. The largest absolute Gasteiger partial charge is 0.481 e. The van der Waals surface area contributed by atoms with Gasteiger partial charge >= 0.3 is 5.97 Å². The zero-order valence-electron chi connectivity index (χ0n) is 44.9. The Morgan fingerprint density at radius 3 is 2.12 bits per heavy atom. The van der Waals surface area contributed by atoms with Gasteiger partial charge in [0.25, 0.3) is 20.2 Å². The molecule has 0 fully saturated rings. The lowest BCUT2D eigenvalue weighted by Gasteiger charge is -2.35. The number of rotatable bonds is 28. The van der Waals surface area contributed by atoms with E-state index in [1.54, 1.807) is 19.1 Å². The molecule has 0 saturated carbocycles. The van der Waals surface area contributed by atoms with Crippen molar-refractivity contribution in [3.8, 4) is 0 Å². The van der Waals surface area contributed by atoms with Gasteiger partial charge in [-0.25, -0.2) is 12.7 Å². The number of para-hydroxylation sites is 1. The number of fused-ring (bicyclic) bond motifs is 2. The molecule has 0 radical (unpaired) electrons. The quantitative estimate of drug-likeness (QED) is 0.0236. The summed E-state index contributed by atoms with van der Waals surface area (Å²) in [6.45, 7) is 13.1. The Hall–Kier alpha value is -5.52. The zero-order valence-corrected chi connectivity index (χ0v) is 47.3. The van der Waals surface area contributed by atoms with Crippen LogP contribution in [0, 0.1) is 5.41 Å². The molecule has 0 aromatic heterocycles. The number of sulfonamides is 1. The molecule has 3 aliphatic rings. The summed E-state index contributed by atoms with van der Waals surface area (Å²) in [5.74, 6) is -3.54. The van der Waals surface area contributed by atoms with Gasteiger partial charge in [0.05, 0.1) is 21.8 Å². The van der Waals surface area contributed by atoms with Crippen molar-refractivity contribution in [2.45, 2.75) is 128 Å². The van der Waals surface area contributed by atoms with Gasteiger partial charge in [0, 0.05) is 93.5 Å². The van der Waals surface area contributed by atoms with Crippen LogP contribution in [0.3, 0.4) is 0 Å². The molecule has 2 heterocycles. The van der Waals surface area contributed by atoms with Crippen molar-refractivity contribution in [2.75, 3.05) is 62.7 Å². The lowest BCUT2D eigenvalue weighted by Crippen LogP contribution is -2.52. The molecule has 0 bridgehead atoms. The Balaban J connectivity index is 1.58. The summed E-state index contributed by atoms with van der Waals surface area (Å²) in [5.41, 5.74) is 3.65. The summed E-state index contributed by atoms with van der Waals surface area (Å²) in [7, 11) is -11.4. The second-order valence-corrected chi connectivity index (χ2v) is 26.0. The molecule has 0 spiro atoms. The highest BCUT2D eigenvalue weighted by Crippen LogP contribution is 2.49. The smallest absolute Gasteiger partial charge is 0.303 e. The lowest BCUT2D eigenvalue weighted by atomic mass is 9.70. The van der Waals surface area contributed by atoms with Crippen LogP contribution in [0.4, 0.5) is 11.4 Å². The minimum Gasteiger partial charge on any atom is -0.481 e. The fraction of sp³-hybridized carbons (Fsp3) is 0.537. The van der Waals surface area contributed by atoms with Gasteiger partial charge in [-0.05, 0) is 100 Å². The van der Waals surface area contributed by atoms with Crippen molar-refractivity contribution in [2.24, 2.45) is 5.41 Å². The minimum atomic E-state index is -4.35. The van der Waals surface area contributed by atoms with E-state index in [0.29, 0.717) is 47.4 Å². The molecule has 418 valence electrons. The number of allylic oxidation sites excluding steroid dienone is 8. The Bertz CT molecular complexity index is 3010. The first-order valence-corrected chi connectivity index (χ1v) is 30.6. The maximum Gasteiger partial charge on any atom is 0.303 e. The van der Waals surface area contributed by atoms with Gasteiger partial charge in [-0.15, -0.1) is 0 Å². The van der Waals surface area contributed by atoms with Gasteiger partial charge in [0.15, 0.2) is 5.71 Å². The monoisotopic (exact) mass is 1110 g/mol. The molecule has 22 heteroatoms. The molecule has 3 amide bonds. The van der Waals surface area contributed by atoms with Crippen LogP contribution >= 0.6 is 0 Å². The Kier molecular flexibility index (Phi) is 20.8. The normalized spacial score (nSPS) is 19.3. The number of benzene rings is 2. The van der Waals surface area contributed by atoms with E-state index in [1.165, 1.54) is 18.7 Å². The first-order valence-electron chi connectivity index (χ1n) is 26.0.